The molecule has 3 radical (unpaired) electrons. The van der Waals surface area contributed by atoms with Crippen molar-refractivity contribution in [2.75, 3.05) is 27.0 Å². The van der Waals surface area contributed by atoms with Crippen molar-refractivity contribution in [3.63, 3.8) is 0 Å². The number of carbonyl (C=O) groups excluding carboxylic acids is 2. The summed E-state index contributed by atoms with van der Waals surface area (Å²) in [5.41, 5.74) is 5.04. The minimum atomic E-state index is -5.07. The monoisotopic (exact) mass is 983 g/mol. The van der Waals surface area contributed by atoms with E-state index in [-0.39, 0.29) is 152 Å². The molecule has 0 saturated carbocycles. The Morgan fingerprint density at radius 3 is 1.62 bits per heavy atom. The fourth-order valence-electron chi connectivity index (χ4n) is 6.61. The van der Waals surface area contributed by atoms with E-state index in [2.05, 4.69) is 46.4 Å². The van der Waals surface area contributed by atoms with Crippen LogP contribution in [0.25, 0.3) is 0 Å². The first kappa shape index (κ1) is 53.3. The van der Waals surface area contributed by atoms with Crippen molar-refractivity contribution >= 4 is 190 Å². The van der Waals surface area contributed by atoms with Gasteiger partial charge < -0.3 is 37.2 Å². The number of hydrogen-bond donors (Lipinski definition) is 9. The molecule has 68 heavy (non-hydrogen) atoms. The number of carboxylic acid groups (broad SMARTS) is 1. The van der Waals surface area contributed by atoms with Gasteiger partial charge in [-0.25, -0.2) is 4.79 Å². The van der Waals surface area contributed by atoms with E-state index in [1.807, 2.05) is 0 Å². The number of aromatic hydroxyl groups is 1. The van der Waals surface area contributed by atoms with Gasteiger partial charge >= 0.3 is 5.97 Å². The molecule has 0 amide bonds. The van der Waals surface area contributed by atoms with Crippen LogP contribution in [0.2, 0.25) is 0 Å². The molecule has 0 unspecified atom stereocenters. The first-order valence-corrected chi connectivity index (χ1v) is 21.5. The molecule has 0 bridgehead atoms. The van der Waals surface area contributed by atoms with Gasteiger partial charge in [0, 0.05) is 117 Å². The molecule has 21 nitrogen and oxygen atoms in total. The molecule has 329 valence electrons. The predicted octanol–water partition coefficient (Wildman–Crippen LogP) is 6.37. The number of aromatic nitrogens is 3. The third kappa shape index (κ3) is 11.8. The normalized spacial score (nSPS) is 11.8. The Morgan fingerprint density at radius 1 is 0.544 bits per heavy atom. The van der Waals surface area contributed by atoms with Crippen molar-refractivity contribution in [2.24, 2.45) is 10.2 Å². The topological polar surface area (TPSA) is 338 Å². The molecular weight excluding hydrogens is 954 g/mol. The van der Waals surface area contributed by atoms with Gasteiger partial charge in [-0.1, -0.05) is 42.5 Å². The molecule has 8 rings (SSSR count). The standard InChI is InChI=1S/C42H30N10O11S2.3Na/c43-36-33(65(61,62)63)20-30(34-35(36)38(55)27-9-5-4-8-26(27)37(34)54)44-24-14-16-29(32(19-24)64(58,59)60)47-42-49-40(45-21-6-2-1-3-7-21)48-41(50-42)46-22-10-12-23(13-11-22)51-52-25-15-17-31(53)28(18-25)39(56)57;;;/h1-20,44,53H,43H2,(H,56,57)(H,58,59,60)(H,61,62,63)(H3,45,46,47,48,49,50);;;. The van der Waals surface area contributed by atoms with E-state index >= 15 is 0 Å². The van der Waals surface area contributed by atoms with Crippen LogP contribution in [-0.4, -0.2) is 157 Å². The summed E-state index contributed by atoms with van der Waals surface area (Å²) in [7, 11) is -10.1. The second-order valence-electron chi connectivity index (χ2n) is 13.9. The molecular formula is C42H30N10Na3O11S2. The first-order chi connectivity index (χ1) is 30.9. The Bertz CT molecular complexity index is 3390. The smallest absolute Gasteiger partial charge is 0.339 e. The molecule has 7 aromatic rings. The summed E-state index contributed by atoms with van der Waals surface area (Å²) in [5, 5.41) is 38.7. The van der Waals surface area contributed by atoms with E-state index in [0.717, 1.165) is 12.1 Å². The number of nitrogens with two attached hydrogens (primary N) is 1. The zero-order valence-corrected chi connectivity index (χ0v) is 43.5. The number of azo groups is 1. The Balaban J connectivity index is 0.00000288. The van der Waals surface area contributed by atoms with E-state index < -0.39 is 64.6 Å². The van der Waals surface area contributed by atoms with E-state index in [1.54, 1.807) is 54.6 Å². The van der Waals surface area contributed by atoms with Crippen LogP contribution in [0.3, 0.4) is 0 Å². The number of fused-ring (bicyclic) bond motifs is 2. The summed E-state index contributed by atoms with van der Waals surface area (Å²) in [4.78, 5) is 50.3. The summed E-state index contributed by atoms with van der Waals surface area (Å²) in [6.07, 6.45) is 0. The Labute approximate surface area is 452 Å². The molecule has 0 saturated heterocycles. The third-order valence-electron chi connectivity index (χ3n) is 9.54. The number of ketones is 2. The van der Waals surface area contributed by atoms with Crippen LogP contribution in [0.1, 0.15) is 42.2 Å². The number of carbonyl (C=O) groups is 3. The number of nitrogens with one attached hydrogen (secondary N) is 4. The summed E-state index contributed by atoms with van der Waals surface area (Å²) >= 11 is 0. The van der Waals surface area contributed by atoms with Gasteiger partial charge in [0.2, 0.25) is 17.8 Å². The minimum Gasteiger partial charge on any atom is -0.507 e. The number of benzene rings is 6. The number of phenols is 1. The maximum Gasteiger partial charge on any atom is 0.339 e. The maximum absolute atomic E-state index is 13.8. The van der Waals surface area contributed by atoms with Crippen LogP contribution in [-0.2, 0) is 20.2 Å². The minimum absolute atomic E-state index is 0. The number of aromatic carboxylic acids is 1. The van der Waals surface area contributed by atoms with Crippen LogP contribution in [0.15, 0.2) is 141 Å². The maximum atomic E-state index is 13.8. The Hall–Kier alpha value is -5.64. The number of anilines is 9. The average molecular weight is 984 g/mol. The van der Waals surface area contributed by atoms with Crippen molar-refractivity contribution in [3.8, 4) is 5.75 Å². The molecule has 0 fully saturated rings. The number of rotatable bonds is 13. The van der Waals surface area contributed by atoms with Crippen LogP contribution in [0.4, 0.5) is 63.3 Å². The number of nitrogen functional groups attached to an aromatic ring is 1. The molecule has 0 spiro atoms. The molecule has 10 N–H and O–H groups in total. The summed E-state index contributed by atoms with van der Waals surface area (Å²) < 4.78 is 71.1. The van der Waals surface area contributed by atoms with Crippen molar-refractivity contribution in [3.05, 3.63) is 149 Å². The Morgan fingerprint density at radius 2 is 1.04 bits per heavy atom. The van der Waals surface area contributed by atoms with Gasteiger partial charge in [-0.05, 0) is 78.9 Å². The number of hydrogen-bond acceptors (Lipinski definition) is 18. The molecule has 0 atom stereocenters. The van der Waals surface area contributed by atoms with E-state index in [0.29, 0.717) is 17.1 Å². The largest absolute Gasteiger partial charge is 0.507 e. The van der Waals surface area contributed by atoms with Crippen LogP contribution in [0.5, 0.6) is 5.75 Å². The van der Waals surface area contributed by atoms with Gasteiger partial charge in [0.25, 0.3) is 20.2 Å². The van der Waals surface area contributed by atoms with E-state index in [9.17, 15) is 50.5 Å². The van der Waals surface area contributed by atoms with Gasteiger partial charge in [0.1, 0.15) is 21.1 Å². The van der Waals surface area contributed by atoms with Gasteiger partial charge in [-0.3, -0.25) is 18.7 Å². The summed E-state index contributed by atoms with van der Waals surface area (Å²) in [5.74, 6) is -3.54. The van der Waals surface area contributed by atoms with E-state index in [4.69, 9.17) is 5.73 Å². The van der Waals surface area contributed by atoms with Crippen molar-refractivity contribution in [1.82, 2.24) is 15.0 Å². The van der Waals surface area contributed by atoms with Crippen LogP contribution in [0, 0.1) is 0 Å². The summed E-state index contributed by atoms with van der Waals surface area (Å²) in [6.45, 7) is 0. The number of carboxylic acids is 1. The van der Waals surface area contributed by atoms with Gasteiger partial charge in [0.05, 0.1) is 39.6 Å². The van der Waals surface area contributed by atoms with Crippen LogP contribution >= 0.6 is 0 Å². The molecule has 6 aromatic carbocycles. The second kappa shape index (κ2) is 21.8. The third-order valence-corrected chi connectivity index (χ3v) is 11.3. The average Bonchev–Trinajstić information content (AvgIpc) is 3.26. The van der Waals surface area contributed by atoms with Crippen molar-refractivity contribution in [1.29, 1.82) is 0 Å². The fourth-order valence-corrected chi connectivity index (χ4v) is 7.93. The zero-order valence-electron chi connectivity index (χ0n) is 35.8. The van der Waals surface area contributed by atoms with Crippen molar-refractivity contribution < 1.29 is 50.5 Å². The molecule has 26 heteroatoms. The quantitative estimate of drug-likeness (QED) is 0.0262. The number of para-hydroxylation sites is 1. The second-order valence-corrected chi connectivity index (χ2v) is 16.7. The zero-order chi connectivity index (χ0) is 46.2. The molecule has 0 aliphatic heterocycles. The summed E-state index contributed by atoms with van der Waals surface area (Å²) in [6, 6.07) is 29.0. The van der Waals surface area contributed by atoms with Crippen LogP contribution < -0.4 is 27.0 Å². The molecule has 1 aliphatic carbocycles. The first-order valence-electron chi connectivity index (χ1n) is 18.6. The molecule has 1 aromatic heterocycles. The predicted molar refractivity (Wildman–Crippen MR) is 253 cm³/mol. The SMILES string of the molecule is Nc1c(S(=O)(=O)O)cc(Nc2ccc(Nc3nc(Nc4ccccc4)nc(Nc4ccc(N=Nc5ccc(O)c(C(=O)O)c5)cc4)n3)c(S(=O)(=O)O)c2)c2c1C(=O)c1ccccc1C2=O.[Na].[Na].[Na]. The van der Waals surface area contributed by atoms with Crippen molar-refractivity contribution in [2.45, 2.75) is 9.79 Å². The van der Waals surface area contributed by atoms with E-state index in [1.165, 1.54) is 54.6 Å². The molecule has 1 aliphatic rings. The number of nitrogens with zero attached hydrogens (tertiary/aromatic N) is 5. The fraction of sp³-hybridized carbons (Fsp3) is 0. The van der Waals surface area contributed by atoms with Gasteiger partial charge in [-0.15, -0.1) is 0 Å². The van der Waals surface area contributed by atoms with Gasteiger partial charge in [0.15, 0.2) is 11.6 Å². The Kier molecular flexibility index (Phi) is 17.1. The van der Waals surface area contributed by atoms with Gasteiger partial charge in [-0.2, -0.15) is 42.0 Å². The molecule has 1 heterocycles.